The third-order valence-electron chi connectivity index (χ3n) is 3.31. The predicted molar refractivity (Wildman–Crippen MR) is 70.5 cm³/mol. The molecule has 0 spiro atoms. The summed E-state index contributed by atoms with van der Waals surface area (Å²) in [4.78, 5) is 24.8. The zero-order chi connectivity index (χ0) is 13.8. The van der Waals surface area contributed by atoms with E-state index in [1.54, 1.807) is 4.90 Å². The number of aldehydes is 1. The van der Waals surface area contributed by atoms with Gasteiger partial charge in [0.25, 0.3) is 0 Å². The van der Waals surface area contributed by atoms with Crippen LogP contribution in [0.1, 0.15) is 59.8 Å². The maximum atomic E-state index is 12.3. The number of hydrogen-bond donors (Lipinski definition) is 0. The fourth-order valence-electron chi connectivity index (χ4n) is 2.16. The van der Waals surface area contributed by atoms with Crippen molar-refractivity contribution < 1.29 is 14.3 Å². The van der Waals surface area contributed by atoms with Crippen LogP contribution in [0.4, 0.5) is 4.79 Å². The maximum Gasteiger partial charge on any atom is 0.410 e. The minimum atomic E-state index is -0.488. The lowest BCUT2D eigenvalue weighted by Gasteiger charge is -2.42. The second-order valence-corrected chi connectivity index (χ2v) is 5.94. The number of ether oxygens (including phenoxy) is 1. The van der Waals surface area contributed by atoms with Gasteiger partial charge in [-0.3, -0.25) is 0 Å². The van der Waals surface area contributed by atoms with Gasteiger partial charge in [-0.25, -0.2) is 4.79 Å². The molecule has 1 aliphatic rings. The van der Waals surface area contributed by atoms with E-state index in [2.05, 4.69) is 0 Å². The molecule has 4 heteroatoms. The Morgan fingerprint density at radius 1 is 1.44 bits per heavy atom. The van der Waals surface area contributed by atoms with Crippen molar-refractivity contribution in [1.82, 2.24) is 4.90 Å². The van der Waals surface area contributed by atoms with Crippen LogP contribution in [0.2, 0.25) is 0 Å². The highest BCUT2D eigenvalue weighted by Gasteiger charge is 2.35. The molecule has 1 fully saturated rings. The fraction of sp³-hybridized carbons (Fsp3) is 0.857. The zero-order valence-electron chi connectivity index (χ0n) is 11.9. The Hall–Kier alpha value is -1.06. The first-order chi connectivity index (χ1) is 8.39. The van der Waals surface area contributed by atoms with Gasteiger partial charge in [-0.1, -0.05) is 6.92 Å². The monoisotopic (exact) mass is 255 g/mol. The zero-order valence-corrected chi connectivity index (χ0v) is 11.9. The number of nitrogens with zero attached hydrogens (tertiary/aromatic N) is 1. The quantitative estimate of drug-likeness (QED) is 0.709. The van der Waals surface area contributed by atoms with Gasteiger partial charge in [-0.2, -0.15) is 0 Å². The molecular formula is C14H25NO3. The van der Waals surface area contributed by atoms with E-state index >= 15 is 0 Å². The van der Waals surface area contributed by atoms with Crippen LogP contribution in [-0.4, -0.2) is 35.0 Å². The van der Waals surface area contributed by atoms with E-state index in [9.17, 15) is 9.59 Å². The Morgan fingerprint density at radius 3 is 2.39 bits per heavy atom. The Labute approximate surface area is 110 Å². The Balaban J connectivity index is 2.76. The van der Waals surface area contributed by atoms with Gasteiger partial charge >= 0.3 is 6.09 Å². The molecule has 0 radical (unpaired) electrons. The van der Waals surface area contributed by atoms with Crippen molar-refractivity contribution in [3.8, 4) is 0 Å². The van der Waals surface area contributed by atoms with Crippen LogP contribution in [0.15, 0.2) is 0 Å². The van der Waals surface area contributed by atoms with Crippen molar-refractivity contribution in [2.24, 2.45) is 0 Å². The van der Waals surface area contributed by atoms with Gasteiger partial charge in [-0.05, 0) is 46.5 Å². The van der Waals surface area contributed by atoms with Gasteiger partial charge in [0.05, 0.1) is 0 Å². The van der Waals surface area contributed by atoms with Crippen molar-refractivity contribution >= 4 is 12.4 Å². The van der Waals surface area contributed by atoms with Crippen molar-refractivity contribution in [3.63, 3.8) is 0 Å². The number of rotatable bonds is 5. The first kappa shape index (κ1) is 15.0. The summed E-state index contributed by atoms with van der Waals surface area (Å²) in [6.07, 6.45) is 5.00. The molecule has 0 aliphatic heterocycles. The second kappa shape index (κ2) is 6.21. The molecule has 0 aromatic heterocycles. The summed E-state index contributed by atoms with van der Waals surface area (Å²) in [5.74, 6) is 0. The topological polar surface area (TPSA) is 46.6 Å². The van der Waals surface area contributed by atoms with Gasteiger partial charge in [0, 0.05) is 18.5 Å². The smallest absolute Gasteiger partial charge is 0.410 e. The number of amides is 1. The summed E-state index contributed by atoms with van der Waals surface area (Å²) in [5.41, 5.74) is -0.488. The van der Waals surface area contributed by atoms with E-state index in [-0.39, 0.29) is 18.2 Å². The molecule has 1 saturated carbocycles. The largest absolute Gasteiger partial charge is 0.444 e. The standard InChI is InChI=1S/C14H25NO3/c1-5-11(9-10-16)15(12-7-6-8-12)13(17)18-14(2,3)4/h10-12H,5-9H2,1-4H3. The molecule has 0 bridgehead atoms. The van der Waals surface area contributed by atoms with Crippen LogP contribution in [0.3, 0.4) is 0 Å². The lowest BCUT2D eigenvalue weighted by Crippen LogP contribution is -2.51. The molecule has 0 aromatic carbocycles. The number of carbonyl (C=O) groups is 2. The maximum absolute atomic E-state index is 12.3. The molecule has 18 heavy (non-hydrogen) atoms. The molecule has 0 heterocycles. The first-order valence-corrected chi connectivity index (χ1v) is 6.84. The van der Waals surface area contributed by atoms with Gasteiger partial charge in [0.1, 0.15) is 11.9 Å². The molecule has 0 aromatic rings. The number of hydrogen-bond acceptors (Lipinski definition) is 3. The van der Waals surface area contributed by atoms with E-state index in [0.29, 0.717) is 6.42 Å². The molecule has 1 amide bonds. The third kappa shape index (κ3) is 4.00. The van der Waals surface area contributed by atoms with Crippen LogP contribution >= 0.6 is 0 Å². The van der Waals surface area contributed by atoms with E-state index in [4.69, 9.17) is 4.74 Å². The summed E-state index contributed by atoms with van der Waals surface area (Å²) in [7, 11) is 0. The van der Waals surface area contributed by atoms with Gasteiger partial charge in [-0.15, -0.1) is 0 Å². The molecule has 4 nitrogen and oxygen atoms in total. The third-order valence-corrected chi connectivity index (χ3v) is 3.31. The molecule has 1 rings (SSSR count). The highest BCUT2D eigenvalue weighted by atomic mass is 16.6. The summed E-state index contributed by atoms with van der Waals surface area (Å²) in [5, 5.41) is 0. The fourth-order valence-corrected chi connectivity index (χ4v) is 2.16. The molecule has 104 valence electrons. The SMILES string of the molecule is CCC(CC=O)N(C(=O)OC(C)(C)C)C1CCC1. The lowest BCUT2D eigenvalue weighted by atomic mass is 9.90. The van der Waals surface area contributed by atoms with E-state index < -0.39 is 5.60 Å². The minimum Gasteiger partial charge on any atom is -0.444 e. The van der Waals surface area contributed by atoms with E-state index in [0.717, 1.165) is 32.0 Å². The van der Waals surface area contributed by atoms with Crippen LogP contribution < -0.4 is 0 Å². The lowest BCUT2D eigenvalue weighted by molar-refractivity contribution is -0.109. The molecule has 1 atom stereocenters. The predicted octanol–water partition coefficient (Wildman–Crippen LogP) is 3.14. The summed E-state index contributed by atoms with van der Waals surface area (Å²) < 4.78 is 5.46. The molecule has 1 unspecified atom stereocenters. The first-order valence-electron chi connectivity index (χ1n) is 6.84. The second-order valence-electron chi connectivity index (χ2n) is 5.94. The van der Waals surface area contributed by atoms with Crippen molar-refractivity contribution in [2.45, 2.75) is 77.5 Å². The van der Waals surface area contributed by atoms with E-state index in [1.807, 2.05) is 27.7 Å². The molecular weight excluding hydrogens is 230 g/mol. The normalized spacial score (nSPS) is 17.8. The summed E-state index contributed by atoms with van der Waals surface area (Å²) in [6, 6.07) is 0.229. The van der Waals surface area contributed by atoms with Crippen molar-refractivity contribution in [3.05, 3.63) is 0 Å². The minimum absolute atomic E-state index is 0.0253. The van der Waals surface area contributed by atoms with E-state index in [1.165, 1.54) is 0 Å². The van der Waals surface area contributed by atoms with Gasteiger partial charge < -0.3 is 14.4 Å². The van der Waals surface area contributed by atoms with Crippen LogP contribution in [0.5, 0.6) is 0 Å². The highest BCUT2D eigenvalue weighted by molar-refractivity contribution is 5.70. The molecule has 0 N–H and O–H groups in total. The average Bonchev–Trinajstić information content (AvgIpc) is 2.17. The average molecular weight is 255 g/mol. The van der Waals surface area contributed by atoms with Gasteiger partial charge in [0.15, 0.2) is 0 Å². The van der Waals surface area contributed by atoms with Crippen LogP contribution in [0.25, 0.3) is 0 Å². The van der Waals surface area contributed by atoms with Crippen LogP contribution in [0, 0.1) is 0 Å². The van der Waals surface area contributed by atoms with Crippen molar-refractivity contribution in [1.29, 1.82) is 0 Å². The van der Waals surface area contributed by atoms with Gasteiger partial charge in [0.2, 0.25) is 0 Å². The summed E-state index contributed by atoms with van der Waals surface area (Å²) >= 11 is 0. The van der Waals surface area contributed by atoms with Crippen LogP contribution in [-0.2, 0) is 9.53 Å². The molecule has 1 aliphatic carbocycles. The molecule has 0 saturated heterocycles. The Kier molecular flexibility index (Phi) is 5.17. The highest BCUT2D eigenvalue weighted by Crippen LogP contribution is 2.29. The Morgan fingerprint density at radius 2 is 2.06 bits per heavy atom. The van der Waals surface area contributed by atoms with Crippen molar-refractivity contribution in [2.75, 3.05) is 0 Å². The summed E-state index contributed by atoms with van der Waals surface area (Å²) in [6.45, 7) is 7.60. The Bertz CT molecular complexity index is 292. The number of carbonyl (C=O) groups excluding carboxylic acids is 2.